The first-order chi connectivity index (χ1) is 11.7. The Labute approximate surface area is 143 Å². The number of hydrogen-bond acceptors (Lipinski definition) is 4. The van der Waals surface area contributed by atoms with Crippen LogP contribution in [0.4, 0.5) is 0 Å². The van der Waals surface area contributed by atoms with Crippen molar-refractivity contribution in [2.24, 2.45) is 0 Å². The third-order valence-corrected chi connectivity index (χ3v) is 3.49. The summed E-state index contributed by atoms with van der Waals surface area (Å²) < 4.78 is 16.5. The molecule has 24 heavy (non-hydrogen) atoms. The van der Waals surface area contributed by atoms with E-state index in [2.05, 4.69) is 0 Å². The largest absolute Gasteiger partial charge is 0.493 e. The fourth-order valence-electron chi connectivity index (χ4n) is 2.33. The second-order valence-corrected chi connectivity index (χ2v) is 5.28. The van der Waals surface area contributed by atoms with Crippen molar-refractivity contribution in [2.75, 3.05) is 13.2 Å². The van der Waals surface area contributed by atoms with Crippen LogP contribution in [0.3, 0.4) is 0 Å². The molecule has 0 spiro atoms. The minimum Gasteiger partial charge on any atom is -0.493 e. The smallest absolute Gasteiger partial charge is 0.306 e. The van der Waals surface area contributed by atoms with Gasteiger partial charge in [0.25, 0.3) is 0 Å². The summed E-state index contributed by atoms with van der Waals surface area (Å²) in [6, 6.07) is 15.7. The Morgan fingerprint density at radius 1 is 0.958 bits per heavy atom. The molecule has 2 rings (SSSR count). The first kappa shape index (κ1) is 17.9. The number of rotatable bonds is 9. The van der Waals surface area contributed by atoms with E-state index in [0.29, 0.717) is 32.7 Å². The Morgan fingerprint density at radius 2 is 1.75 bits per heavy atom. The normalized spacial score (nSPS) is 10.2. The Hall–Kier alpha value is -2.49. The topological polar surface area (TPSA) is 44.8 Å². The van der Waals surface area contributed by atoms with Gasteiger partial charge in [-0.05, 0) is 37.5 Å². The van der Waals surface area contributed by atoms with Gasteiger partial charge in [-0.25, -0.2) is 0 Å². The summed E-state index contributed by atoms with van der Waals surface area (Å²) >= 11 is 0. The van der Waals surface area contributed by atoms with Gasteiger partial charge in [0, 0.05) is 12.5 Å². The van der Waals surface area contributed by atoms with Crippen LogP contribution in [0.25, 0.3) is 0 Å². The predicted octanol–water partition coefficient (Wildman–Crippen LogP) is 4.16. The molecule has 4 heteroatoms. The van der Waals surface area contributed by atoms with Crippen LogP contribution in [0.1, 0.15) is 31.4 Å². The fraction of sp³-hybridized carbons (Fsp3) is 0.350. The van der Waals surface area contributed by atoms with Crippen LogP contribution in [0.5, 0.6) is 11.5 Å². The quantitative estimate of drug-likeness (QED) is 0.648. The Morgan fingerprint density at radius 3 is 2.46 bits per heavy atom. The van der Waals surface area contributed by atoms with E-state index in [0.717, 1.165) is 22.6 Å². The molecule has 128 valence electrons. The molecule has 0 radical (unpaired) electrons. The monoisotopic (exact) mass is 328 g/mol. The van der Waals surface area contributed by atoms with Gasteiger partial charge in [0.05, 0.1) is 13.2 Å². The highest BCUT2D eigenvalue weighted by Crippen LogP contribution is 2.27. The highest BCUT2D eigenvalue weighted by molar-refractivity contribution is 5.69. The lowest BCUT2D eigenvalue weighted by Crippen LogP contribution is -2.06. The molecule has 0 aliphatic heterocycles. The van der Waals surface area contributed by atoms with Crippen molar-refractivity contribution in [1.29, 1.82) is 0 Å². The van der Waals surface area contributed by atoms with Gasteiger partial charge in [-0.1, -0.05) is 36.4 Å². The van der Waals surface area contributed by atoms with Gasteiger partial charge >= 0.3 is 5.97 Å². The number of esters is 1. The fourth-order valence-corrected chi connectivity index (χ4v) is 2.33. The van der Waals surface area contributed by atoms with Crippen molar-refractivity contribution in [3.63, 3.8) is 0 Å². The Balaban J connectivity index is 2.01. The molecule has 0 heterocycles. The van der Waals surface area contributed by atoms with Crippen molar-refractivity contribution in [2.45, 2.75) is 33.3 Å². The second kappa shape index (κ2) is 9.60. The second-order valence-electron chi connectivity index (χ2n) is 5.28. The van der Waals surface area contributed by atoms with Crippen molar-refractivity contribution in [3.8, 4) is 11.5 Å². The molecule has 0 bridgehead atoms. The van der Waals surface area contributed by atoms with Crippen LogP contribution < -0.4 is 9.47 Å². The summed E-state index contributed by atoms with van der Waals surface area (Å²) in [5.74, 6) is 1.32. The number of carbonyl (C=O) groups is 1. The third-order valence-electron chi connectivity index (χ3n) is 3.49. The number of benzene rings is 2. The molecule has 0 fully saturated rings. The molecule has 0 aromatic heterocycles. The SMILES string of the molecule is CCOC(=O)CCc1ccc(OCc2ccccc2)cc1OCC. The van der Waals surface area contributed by atoms with Gasteiger partial charge in [0.15, 0.2) is 0 Å². The molecule has 0 amide bonds. The van der Waals surface area contributed by atoms with Gasteiger partial charge in [0.1, 0.15) is 18.1 Å². The summed E-state index contributed by atoms with van der Waals surface area (Å²) in [6.45, 7) is 5.22. The number of ether oxygens (including phenoxy) is 3. The molecule has 0 saturated carbocycles. The van der Waals surface area contributed by atoms with Gasteiger partial charge in [0.2, 0.25) is 0 Å². The molecular weight excluding hydrogens is 304 g/mol. The van der Waals surface area contributed by atoms with Crippen LogP contribution in [0.2, 0.25) is 0 Å². The van der Waals surface area contributed by atoms with E-state index in [9.17, 15) is 4.79 Å². The van der Waals surface area contributed by atoms with Crippen LogP contribution in [-0.4, -0.2) is 19.2 Å². The first-order valence-corrected chi connectivity index (χ1v) is 8.31. The zero-order valence-electron chi connectivity index (χ0n) is 14.3. The van der Waals surface area contributed by atoms with Crippen molar-refractivity contribution in [3.05, 3.63) is 59.7 Å². The van der Waals surface area contributed by atoms with Crippen molar-refractivity contribution >= 4 is 5.97 Å². The minimum absolute atomic E-state index is 0.190. The summed E-state index contributed by atoms with van der Waals surface area (Å²) in [5, 5.41) is 0. The van der Waals surface area contributed by atoms with Crippen LogP contribution in [0.15, 0.2) is 48.5 Å². The lowest BCUT2D eigenvalue weighted by molar-refractivity contribution is -0.143. The molecule has 0 aliphatic rings. The van der Waals surface area contributed by atoms with Gasteiger partial charge in [-0.3, -0.25) is 4.79 Å². The third kappa shape index (κ3) is 5.61. The Bertz CT molecular complexity index is 637. The van der Waals surface area contributed by atoms with Crippen LogP contribution in [0, 0.1) is 0 Å². The number of aryl methyl sites for hydroxylation is 1. The summed E-state index contributed by atoms with van der Waals surface area (Å²) in [5.41, 5.74) is 2.10. The summed E-state index contributed by atoms with van der Waals surface area (Å²) in [7, 11) is 0. The van der Waals surface area contributed by atoms with Gasteiger partial charge < -0.3 is 14.2 Å². The maximum atomic E-state index is 11.5. The standard InChI is InChI=1S/C20H24O4/c1-3-22-19-14-18(24-15-16-8-6-5-7-9-16)12-10-17(19)11-13-20(21)23-4-2/h5-10,12,14H,3-4,11,13,15H2,1-2H3. The lowest BCUT2D eigenvalue weighted by Gasteiger charge is -2.13. The van der Waals surface area contributed by atoms with Crippen LogP contribution in [-0.2, 0) is 22.6 Å². The molecule has 0 atom stereocenters. The highest BCUT2D eigenvalue weighted by Gasteiger charge is 2.09. The summed E-state index contributed by atoms with van der Waals surface area (Å²) in [6.07, 6.45) is 0.936. The van der Waals surface area contributed by atoms with E-state index in [1.165, 1.54) is 0 Å². The molecular formula is C20H24O4. The Kier molecular flexibility index (Phi) is 7.15. The summed E-state index contributed by atoms with van der Waals surface area (Å²) in [4.78, 5) is 11.5. The maximum Gasteiger partial charge on any atom is 0.306 e. The van der Waals surface area contributed by atoms with E-state index >= 15 is 0 Å². The molecule has 4 nitrogen and oxygen atoms in total. The van der Waals surface area contributed by atoms with E-state index in [1.807, 2.05) is 62.4 Å². The van der Waals surface area contributed by atoms with Gasteiger partial charge in [-0.2, -0.15) is 0 Å². The number of hydrogen-bond donors (Lipinski definition) is 0. The maximum absolute atomic E-state index is 11.5. The minimum atomic E-state index is -0.190. The highest BCUT2D eigenvalue weighted by atomic mass is 16.5. The average molecular weight is 328 g/mol. The average Bonchev–Trinajstić information content (AvgIpc) is 2.60. The molecule has 0 N–H and O–H groups in total. The molecule has 0 aliphatic carbocycles. The van der Waals surface area contributed by atoms with Crippen LogP contribution >= 0.6 is 0 Å². The van der Waals surface area contributed by atoms with E-state index in [1.54, 1.807) is 0 Å². The zero-order valence-corrected chi connectivity index (χ0v) is 14.3. The van der Waals surface area contributed by atoms with Gasteiger partial charge in [-0.15, -0.1) is 0 Å². The first-order valence-electron chi connectivity index (χ1n) is 8.31. The van der Waals surface area contributed by atoms with Crippen molar-refractivity contribution < 1.29 is 19.0 Å². The lowest BCUT2D eigenvalue weighted by atomic mass is 10.1. The van der Waals surface area contributed by atoms with Crippen molar-refractivity contribution in [1.82, 2.24) is 0 Å². The molecule has 2 aromatic carbocycles. The molecule has 0 unspecified atom stereocenters. The predicted molar refractivity (Wildman–Crippen MR) is 93.3 cm³/mol. The molecule has 2 aromatic rings. The number of carbonyl (C=O) groups excluding carboxylic acids is 1. The van der Waals surface area contributed by atoms with E-state index in [-0.39, 0.29) is 5.97 Å². The van der Waals surface area contributed by atoms with E-state index < -0.39 is 0 Å². The van der Waals surface area contributed by atoms with E-state index in [4.69, 9.17) is 14.2 Å². The zero-order chi connectivity index (χ0) is 17.2. The molecule has 0 saturated heterocycles.